The minimum Gasteiger partial charge on any atom is -0.427 e. The molecule has 0 aromatic heterocycles. The summed E-state index contributed by atoms with van der Waals surface area (Å²) in [4.78, 5) is 0. The van der Waals surface area contributed by atoms with Crippen molar-refractivity contribution in [2.75, 3.05) is 6.61 Å². The van der Waals surface area contributed by atoms with E-state index in [1.165, 1.54) is 12.1 Å². The van der Waals surface area contributed by atoms with Gasteiger partial charge in [-0.05, 0) is 30.4 Å². The van der Waals surface area contributed by atoms with Gasteiger partial charge in [0, 0.05) is 0 Å². The average Bonchev–Trinajstić information content (AvgIpc) is 2.75. The molecule has 7 heteroatoms. The summed E-state index contributed by atoms with van der Waals surface area (Å²) in [6.07, 6.45) is -3.13. The third kappa shape index (κ3) is 4.23. The third-order valence-corrected chi connectivity index (χ3v) is 2.94. The molecule has 1 N–H and O–H groups in total. The fourth-order valence-electron chi connectivity index (χ4n) is 1.91. The predicted octanol–water partition coefficient (Wildman–Crippen LogP) is 2.49. The molecule has 1 fully saturated rings. The van der Waals surface area contributed by atoms with E-state index >= 15 is 0 Å². The SMILES string of the molecule is OB1CCC(COCc2ccc(C(F)(F)F)cc2)O1. The topological polar surface area (TPSA) is 38.7 Å². The van der Waals surface area contributed by atoms with Crippen molar-refractivity contribution in [3.05, 3.63) is 35.4 Å². The maximum atomic E-state index is 12.3. The van der Waals surface area contributed by atoms with E-state index < -0.39 is 18.9 Å². The lowest BCUT2D eigenvalue weighted by Gasteiger charge is -2.12. The molecule has 0 spiro atoms. The van der Waals surface area contributed by atoms with Crippen LogP contribution in [0.25, 0.3) is 0 Å². The molecule has 104 valence electrons. The molecule has 0 bridgehead atoms. The van der Waals surface area contributed by atoms with Crippen LogP contribution in [0.3, 0.4) is 0 Å². The monoisotopic (exact) mass is 274 g/mol. The highest BCUT2D eigenvalue weighted by Gasteiger charge is 2.30. The van der Waals surface area contributed by atoms with E-state index in [9.17, 15) is 13.2 Å². The molecule has 3 nitrogen and oxygen atoms in total. The van der Waals surface area contributed by atoms with Gasteiger partial charge in [-0.15, -0.1) is 0 Å². The maximum Gasteiger partial charge on any atom is 0.454 e. The maximum absolute atomic E-state index is 12.3. The molecule has 2 rings (SSSR count). The van der Waals surface area contributed by atoms with E-state index in [0.717, 1.165) is 18.6 Å². The Morgan fingerprint density at radius 1 is 1.32 bits per heavy atom. The zero-order valence-corrected chi connectivity index (χ0v) is 10.2. The van der Waals surface area contributed by atoms with E-state index in [-0.39, 0.29) is 12.7 Å². The van der Waals surface area contributed by atoms with Crippen molar-refractivity contribution in [2.45, 2.75) is 31.6 Å². The second kappa shape index (κ2) is 5.94. The predicted molar refractivity (Wildman–Crippen MR) is 63.4 cm³/mol. The Hall–Kier alpha value is -1.05. The van der Waals surface area contributed by atoms with Gasteiger partial charge in [-0.1, -0.05) is 12.1 Å². The first-order valence-corrected chi connectivity index (χ1v) is 6.02. The van der Waals surface area contributed by atoms with Crippen LogP contribution in [0.5, 0.6) is 0 Å². The van der Waals surface area contributed by atoms with Gasteiger partial charge in [-0.3, -0.25) is 0 Å². The van der Waals surface area contributed by atoms with Crippen molar-refractivity contribution < 1.29 is 27.6 Å². The van der Waals surface area contributed by atoms with Crippen LogP contribution >= 0.6 is 0 Å². The molecule has 0 radical (unpaired) electrons. The first kappa shape index (κ1) is 14.4. The molecular weight excluding hydrogens is 260 g/mol. The minimum atomic E-state index is -4.31. The molecule has 1 aromatic carbocycles. The molecule has 0 saturated carbocycles. The van der Waals surface area contributed by atoms with Crippen LogP contribution in [0, 0.1) is 0 Å². The van der Waals surface area contributed by atoms with Crippen molar-refractivity contribution in [2.24, 2.45) is 0 Å². The molecule has 1 heterocycles. The van der Waals surface area contributed by atoms with Crippen LogP contribution in [0.1, 0.15) is 17.5 Å². The van der Waals surface area contributed by atoms with E-state index in [2.05, 4.69) is 0 Å². The summed E-state index contributed by atoms with van der Waals surface area (Å²) in [6, 6.07) is 4.86. The van der Waals surface area contributed by atoms with E-state index in [0.29, 0.717) is 18.5 Å². The molecule has 0 amide bonds. The molecule has 0 aliphatic carbocycles. The van der Waals surface area contributed by atoms with Crippen LogP contribution in [-0.4, -0.2) is 24.9 Å². The Morgan fingerprint density at radius 3 is 2.53 bits per heavy atom. The standard InChI is InChI=1S/C12H14BF3O3/c14-12(15,16)10-3-1-9(2-4-10)7-18-8-11-5-6-13(17)19-11/h1-4,11,17H,5-8H2. The second-order valence-corrected chi connectivity index (χ2v) is 4.50. The summed E-state index contributed by atoms with van der Waals surface area (Å²) in [5.41, 5.74) is 0.00467. The summed E-state index contributed by atoms with van der Waals surface area (Å²) in [7, 11) is -0.723. The average molecular weight is 274 g/mol. The smallest absolute Gasteiger partial charge is 0.427 e. The molecular formula is C12H14BF3O3. The molecule has 1 saturated heterocycles. The first-order chi connectivity index (χ1) is 8.95. The lowest BCUT2D eigenvalue weighted by molar-refractivity contribution is -0.137. The van der Waals surface area contributed by atoms with Crippen molar-refractivity contribution in [1.82, 2.24) is 0 Å². The lowest BCUT2D eigenvalue weighted by Crippen LogP contribution is -2.19. The summed E-state index contributed by atoms with van der Waals surface area (Å²) >= 11 is 0. The zero-order chi connectivity index (χ0) is 13.9. The normalized spacial score (nSPS) is 20.0. The van der Waals surface area contributed by atoms with Gasteiger partial charge in [0.05, 0.1) is 24.9 Å². The van der Waals surface area contributed by atoms with Gasteiger partial charge in [0.15, 0.2) is 0 Å². The number of hydrogen-bond acceptors (Lipinski definition) is 3. The van der Waals surface area contributed by atoms with Gasteiger partial charge in [0.1, 0.15) is 0 Å². The number of hydrogen-bond donors (Lipinski definition) is 1. The lowest BCUT2D eigenvalue weighted by atomic mass is 9.87. The van der Waals surface area contributed by atoms with Crippen LogP contribution in [0.15, 0.2) is 24.3 Å². The van der Waals surface area contributed by atoms with Crippen LogP contribution in [-0.2, 0) is 22.2 Å². The highest BCUT2D eigenvalue weighted by atomic mass is 19.4. The quantitative estimate of drug-likeness (QED) is 0.857. The number of ether oxygens (including phenoxy) is 1. The Kier molecular flexibility index (Phi) is 4.49. The highest BCUT2D eigenvalue weighted by Crippen LogP contribution is 2.29. The Balaban J connectivity index is 1.77. The van der Waals surface area contributed by atoms with E-state index in [1.807, 2.05) is 0 Å². The number of alkyl halides is 3. The second-order valence-electron chi connectivity index (χ2n) is 4.50. The fraction of sp³-hybridized carbons (Fsp3) is 0.500. The molecule has 1 aromatic rings. The summed E-state index contributed by atoms with van der Waals surface area (Å²) in [6.45, 7) is 0.562. The minimum absolute atomic E-state index is 0.135. The van der Waals surface area contributed by atoms with Crippen LogP contribution < -0.4 is 0 Å². The fourth-order valence-corrected chi connectivity index (χ4v) is 1.91. The van der Waals surface area contributed by atoms with Crippen LogP contribution in [0.4, 0.5) is 13.2 Å². The van der Waals surface area contributed by atoms with Gasteiger partial charge < -0.3 is 14.4 Å². The molecule has 1 aliphatic rings. The van der Waals surface area contributed by atoms with Crippen molar-refractivity contribution >= 4 is 7.12 Å². The molecule has 19 heavy (non-hydrogen) atoms. The third-order valence-electron chi connectivity index (χ3n) is 2.94. The number of rotatable bonds is 4. The summed E-state index contributed by atoms with van der Waals surface area (Å²) in [5.74, 6) is 0. The molecule has 1 atom stereocenters. The van der Waals surface area contributed by atoms with Crippen molar-refractivity contribution in [3.8, 4) is 0 Å². The van der Waals surface area contributed by atoms with Crippen LogP contribution in [0.2, 0.25) is 6.32 Å². The van der Waals surface area contributed by atoms with Crippen molar-refractivity contribution in [3.63, 3.8) is 0 Å². The molecule has 1 aliphatic heterocycles. The van der Waals surface area contributed by atoms with Crippen molar-refractivity contribution in [1.29, 1.82) is 0 Å². The zero-order valence-electron chi connectivity index (χ0n) is 10.2. The summed E-state index contributed by atoms with van der Waals surface area (Å²) in [5, 5.41) is 9.14. The first-order valence-electron chi connectivity index (χ1n) is 6.02. The highest BCUT2D eigenvalue weighted by molar-refractivity contribution is 6.43. The summed E-state index contributed by atoms with van der Waals surface area (Å²) < 4.78 is 47.5. The number of benzene rings is 1. The van der Waals surface area contributed by atoms with E-state index in [4.69, 9.17) is 14.4 Å². The van der Waals surface area contributed by atoms with Gasteiger partial charge in [-0.2, -0.15) is 13.2 Å². The van der Waals surface area contributed by atoms with Gasteiger partial charge in [0.25, 0.3) is 0 Å². The Morgan fingerprint density at radius 2 is 2.00 bits per heavy atom. The Bertz CT molecular complexity index is 408. The van der Waals surface area contributed by atoms with Gasteiger partial charge >= 0.3 is 13.3 Å². The molecule has 1 unspecified atom stereocenters. The largest absolute Gasteiger partial charge is 0.454 e. The van der Waals surface area contributed by atoms with Gasteiger partial charge in [-0.25, -0.2) is 0 Å². The van der Waals surface area contributed by atoms with Gasteiger partial charge in [0.2, 0.25) is 0 Å². The Labute approximate surface area is 109 Å². The van der Waals surface area contributed by atoms with E-state index in [1.54, 1.807) is 0 Å². The number of halogens is 3.